The smallest absolute Gasteiger partial charge is 0.322 e. The van der Waals surface area contributed by atoms with E-state index in [1.165, 1.54) is 6.20 Å². The van der Waals surface area contributed by atoms with E-state index in [-0.39, 0.29) is 23.4 Å². The molecule has 0 spiro atoms. The molecule has 2 fully saturated rings. The highest BCUT2D eigenvalue weighted by Gasteiger charge is 2.59. The van der Waals surface area contributed by atoms with Crippen LogP contribution in [0.1, 0.15) is 6.42 Å². The topological polar surface area (TPSA) is 116 Å². The van der Waals surface area contributed by atoms with E-state index in [0.717, 1.165) is 10.7 Å². The quantitative estimate of drug-likeness (QED) is 0.827. The van der Waals surface area contributed by atoms with Crippen molar-refractivity contribution >= 4 is 27.0 Å². The number of rotatable bonds is 3. The number of fused-ring (bicyclic) bond motifs is 2. The fraction of sp³-hybridized carbons (Fsp3) is 0.417. The van der Waals surface area contributed by atoms with Gasteiger partial charge >= 0.3 is 5.97 Å². The molecule has 2 aliphatic rings. The lowest BCUT2D eigenvalue weighted by Crippen LogP contribution is -2.43. The normalized spacial score (nSPS) is 28.7. The molecule has 2 aromatic heterocycles. The third-order valence-electron chi connectivity index (χ3n) is 4.22. The SMILES string of the molecule is O=C(O)C1C2CC2CN1S(=O)(=O)c1[nH]nc2ncccc12. The van der Waals surface area contributed by atoms with Crippen LogP contribution in [0.4, 0.5) is 0 Å². The monoisotopic (exact) mass is 308 g/mol. The highest BCUT2D eigenvalue weighted by Crippen LogP contribution is 2.51. The van der Waals surface area contributed by atoms with Gasteiger partial charge in [-0.1, -0.05) is 0 Å². The van der Waals surface area contributed by atoms with Gasteiger partial charge in [-0.2, -0.15) is 9.40 Å². The number of carboxylic acid groups (broad SMARTS) is 1. The van der Waals surface area contributed by atoms with Crippen molar-refractivity contribution in [2.75, 3.05) is 6.54 Å². The fourth-order valence-electron chi connectivity index (χ4n) is 3.12. The van der Waals surface area contributed by atoms with E-state index < -0.39 is 22.0 Å². The fourth-order valence-corrected chi connectivity index (χ4v) is 4.89. The van der Waals surface area contributed by atoms with Crippen LogP contribution in [0.15, 0.2) is 23.4 Å². The Labute approximate surface area is 119 Å². The second kappa shape index (κ2) is 4.01. The van der Waals surface area contributed by atoms with Crippen molar-refractivity contribution in [3.63, 3.8) is 0 Å². The summed E-state index contributed by atoms with van der Waals surface area (Å²) in [4.78, 5) is 15.4. The summed E-state index contributed by atoms with van der Waals surface area (Å²) in [6, 6.07) is 2.24. The molecular formula is C12H12N4O4S. The van der Waals surface area contributed by atoms with Crippen LogP contribution in [0.25, 0.3) is 11.0 Å². The van der Waals surface area contributed by atoms with Gasteiger partial charge in [0.1, 0.15) is 6.04 Å². The van der Waals surface area contributed by atoms with Crippen LogP contribution >= 0.6 is 0 Å². The van der Waals surface area contributed by atoms with E-state index in [4.69, 9.17) is 0 Å². The van der Waals surface area contributed by atoms with E-state index >= 15 is 0 Å². The van der Waals surface area contributed by atoms with Crippen molar-refractivity contribution in [2.45, 2.75) is 17.5 Å². The number of piperidine rings is 1. The number of hydrogen-bond donors (Lipinski definition) is 2. The Morgan fingerprint density at radius 1 is 1.48 bits per heavy atom. The Hall–Kier alpha value is -2.00. The van der Waals surface area contributed by atoms with E-state index in [1.807, 2.05) is 0 Å². The van der Waals surface area contributed by atoms with Crippen LogP contribution in [0.3, 0.4) is 0 Å². The molecule has 3 heterocycles. The number of aliphatic carboxylic acids is 1. The molecule has 9 heteroatoms. The van der Waals surface area contributed by atoms with Crippen LogP contribution in [0, 0.1) is 11.8 Å². The van der Waals surface area contributed by atoms with Crippen molar-refractivity contribution in [1.82, 2.24) is 19.5 Å². The molecule has 110 valence electrons. The van der Waals surface area contributed by atoms with Gasteiger partial charge in [-0.05, 0) is 30.4 Å². The highest BCUT2D eigenvalue weighted by atomic mass is 32.2. The lowest BCUT2D eigenvalue weighted by molar-refractivity contribution is -0.141. The number of nitrogens with one attached hydrogen (secondary N) is 1. The van der Waals surface area contributed by atoms with Crippen LogP contribution < -0.4 is 0 Å². The van der Waals surface area contributed by atoms with Gasteiger partial charge in [0.15, 0.2) is 10.7 Å². The zero-order valence-electron chi connectivity index (χ0n) is 10.8. The first kappa shape index (κ1) is 12.7. The maximum Gasteiger partial charge on any atom is 0.322 e. The van der Waals surface area contributed by atoms with Crippen molar-refractivity contribution < 1.29 is 18.3 Å². The molecule has 2 aromatic rings. The lowest BCUT2D eigenvalue weighted by Gasteiger charge is -2.22. The van der Waals surface area contributed by atoms with Gasteiger partial charge in [0.2, 0.25) is 0 Å². The van der Waals surface area contributed by atoms with Gasteiger partial charge in [0.05, 0.1) is 5.39 Å². The van der Waals surface area contributed by atoms with Crippen LogP contribution in [-0.4, -0.2) is 51.6 Å². The van der Waals surface area contributed by atoms with Gasteiger partial charge in [-0.3, -0.25) is 9.89 Å². The summed E-state index contributed by atoms with van der Waals surface area (Å²) in [5, 5.41) is 16.0. The second-order valence-corrected chi connectivity index (χ2v) is 7.27. The predicted molar refractivity (Wildman–Crippen MR) is 70.8 cm³/mol. The van der Waals surface area contributed by atoms with Crippen molar-refractivity contribution in [3.8, 4) is 0 Å². The third-order valence-corrected chi connectivity index (χ3v) is 6.04. The number of nitrogens with zero attached hydrogens (tertiary/aromatic N) is 3. The largest absolute Gasteiger partial charge is 0.480 e. The number of aromatic amines is 1. The third kappa shape index (κ3) is 1.70. The molecule has 0 aromatic carbocycles. The Kier molecular flexibility index (Phi) is 2.43. The molecule has 0 bridgehead atoms. The van der Waals surface area contributed by atoms with E-state index in [2.05, 4.69) is 15.2 Å². The average molecular weight is 308 g/mol. The van der Waals surface area contributed by atoms with Gasteiger partial charge in [-0.15, -0.1) is 0 Å². The molecular weight excluding hydrogens is 296 g/mol. The Balaban J connectivity index is 1.82. The highest BCUT2D eigenvalue weighted by molar-refractivity contribution is 7.89. The number of hydrogen-bond acceptors (Lipinski definition) is 5. The standard InChI is InChI=1S/C12H12N4O4S/c17-12(18)9-8-4-6(8)5-16(9)21(19,20)11-7-2-1-3-13-10(7)14-15-11/h1-3,6,8-9H,4-5H2,(H,17,18)(H,13,14,15). The van der Waals surface area contributed by atoms with Gasteiger partial charge in [0, 0.05) is 12.7 Å². The molecule has 1 saturated heterocycles. The molecule has 3 unspecified atom stereocenters. The second-order valence-electron chi connectivity index (χ2n) is 5.44. The number of aromatic nitrogens is 3. The summed E-state index contributed by atoms with van der Waals surface area (Å²) in [5.74, 6) is -0.997. The summed E-state index contributed by atoms with van der Waals surface area (Å²) in [5.41, 5.74) is 0.298. The average Bonchev–Trinajstić information content (AvgIpc) is 2.92. The van der Waals surface area contributed by atoms with Crippen molar-refractivity contribution in [3.05, 3.63) is 18.3 Å². The Bertz CT molecular complexity index is 846. The summed E-state index contributed by atoms with van der Waals surface area (Å²) in [7, 11) is -3.92. The number of carboxylic acids is 1. The minimum atomic E-state index is -3.92. The van der Waals surface area contributed by atoms with Crippen LogP contribution in [-0.2, 0) is 14.8 Å². The molecule has 1 aliphatic heterocycles. The van der Waals surface area contributed by atoms with E-state index in [9.17, 15) is 18.3 Å². The summed E-state index contributed by atoms with van der Waals surface area (Å²) >= 11 is 0. The van der Waals surface area contributed by atoms with Crippen LogP contribution in [0.5, 0.6) is 0 Å². The van der Waals surface area contributed by atoms with Crippen molar-refractivity contribution in [2.24, 2.45) is 11.8 Å². The maximum absolute atomic E-state index is 12.8. The zero-order chi connectivity index (χ0) is 14.8. The number of carbonyl (C=O) groups is 1. The molecule has 0 amide bonds. The molecule has 2 N–H and O–H groups in total. The van der Waals surface area contributed by atoms with Gasteiger partial charge < -0.3 is 5.11 Å². The Morgan fingerprint density at radius 3 is 3.05 bits per heavy atom. The number of pyridine rings is 1. The first-order valence-electron chi connectivity index (χ1n) is 6.54. The minimum Gasteiger partial charge on any atom is -0.480 e. The Morgan fingerprint density at radius 2 is 2.29 bits per heavy atom. The summed E-state index contributed by atoms with van der Waals surface area (Å²) in [6.45, 7) is 0.255. The first-order chi connectivity index (χ1) is 10.00. The van der Waals surface area contributed by atoms with Gasteiger partial charge in [0.25, 0.3) is 10.0 Å². The maximum atomic E-state index is 12.8. The summed E-state index contributed by atoms with van der Waals surface area (Å²) in [6.07, 6.45) is 2.30. The number of H-pyrrole nitrogens is 1. The van der Waals surface area contributed by atoms with Crippen molar-refractivity contribution in [1.29, 1.82) is 0 Å². The predicted octanol–water partition coefficient (Wildman–Crippen LogP) is 0.0515. The molecule has 1 saturated carbocycles. The molecule has 4 rings (SSSR count). The molecule has 3 atom stereocenters. The minimum absolute atomic E-state index is 0.0652. The lowest BCUT2D eigenvalue weighted by atomic mass is 10.2. The summed E-state index contributed by atoms with van der Waals surface area (Å²) < 4.78 is 26.6. The molecule has 1 aliphatic carbocycles. The van der Waals surface area contributed by atoms with E-state index in [0.29, 0.717) is 11.0 Å². The first-order valence-corrected chi connectivity index (χ1v) is 7.98. The molecule has 0 radical (unpaired) electrons. The van der Waals surface area contributed by atoms with Crippen LogP contribution in [0.2, 0.25) is 0 Å². The number of sulfonamides is 1. The van der Waals surface area contributed by atoms with Gasteiger partial charge in [-0.25, -0.2) is 13.4 Å². The zero-order valence-corrected chi connectivity index (χ0v) is 11.6. The molecule has 8 nitrogen and oxygen atoms in total. The molecule has 21 heavy (non-hydrogen) atoms. The van der Waals surface area contributed by atoms with E-state index in [1.54, 1.807) is 12.1 Å².